The Morgan fingerprint density at radius 3 is 2.34 bits per heavy atom. The van der Waals surface area contributed by atoms with Crippen molar-refractivity contribution < 1.29 is 38.7 Å². The molecule has 2 aliphatic rings. The van der Waals surface area contributed by atoms with Gasteiger partial charge in [-0.1, -0.05) is 12.1 Å². The molecular weight excluding hydrogens is 380 g/mol. The third-order valence-electron chi connectivity index (χ3n) is 5.38. The number of carbonyl (C=O) groups is 1. The van der Waals surface area contributed by atoms with Crippen LogP contribution in [0.25, 0.3) is 0 Å². The summed E-state index contributed by atoms with van der Waals surface area (Å²) in [5.74, 6) is -0.0559. The van der Waals surface area contributed by atoms with Crippen LogP contribution in [0.1, 0.15) is 23.3 Å². The molecular formula is C21H22O8. The SMILES string of the molecule is COc1ccc([C@@H](O)[C@@H]2C(=O)OC[C@H]2[C@@H](O)c2ccc3c(c2)OCO3)cc1OC. The molecule has 2 heterocycles. The van der Waals surface area contributed by atoms with Crippen LogP contribution in [0, 0.1) is 11.8 Å². The molecule has 0 aliphatic carbocycles. The van der Waals surface area contributed by atoms with E-state index in [1.54, 1.807) is 36.4 Å². The van der Waals surface area contributed by atoms with Crippen LogP contribution in [0.4, 0.5) is 0 Å². The van der Waals surface area contributed by atoms with E-state index in [0.29, 0.717) is 34.1 Å². The molecule has 0 saturated carbocycles. The van der Waals surface area contributed by atoms with Gasteiger partial charge in [-0.15, -0.1) is 0 Å². The number of carbonyl (C=O) groups excluding carboxylic acids is 1. The summed E-state index contributed by atoms with van der Waals surface area (Å²) in [5, 5.41) is 21.9. The van der Waals surface area contributed by atoms with Gasteiger partial charge < -0.3 is 33.9 Å². The third kappa shape index (κ3) is 3.45. The first kappa shape index (κ1) is 19.4. The number of fused-ring (bicyclic) bond motifs is 1. The predicted octanol–water partition coefficient (Wildman–Crippen LogP) is 1.99. The number of ether oxygens (including phenoxy) is 5. The quantitative estimate of drug-likeness (QED) is 0.707. The second-order valence-electron chi connectivity index (χ2n) is 6.94. The second kappa shape index (κ2) is 7.81. The minimum absolute atomic E-state index is 0.00343. The lowest BCUT2D eigenvalue weighted by Crippen LogP contribution is -2.28. The maximum Gasteiger partial charge on any atom is 0.312 e. The highest BCUT2D eigenvalue weighted by molar-refractivity contribution is 5.76. The van der Waals surface area contributed by atoms with Crippen LogP contribution in [-0.4, -0.2) is 43.8 Å². The summed E-state index contributed by atoms with van der Waals surface area (Å²) in [7, 11) is 3.00. The van der Waals surface area contributed by atoms with E-state index in [1.807, 2.05) is 0 Å². The number of aliphatic hydroxyl groups is 2. The highest BCUT2D eigenvalue weighted by Gasteiger charge is 2.46. The van der Waals surface area contributed by atoms with Gasteiger partial charge >= 0.3 is 5.97 Å². The van der Waals surface area contributed by atoms with Crippen molar-refractivity contribution in [2.24, 2.45) is 11.8 Å². The molecule has 2 N–H and O–H groups in total. The van der Waals surface area contributed by atoms with Gasteiger partial charge in [-0.05, 0) is 35.4 Å². The molecule has 1 fully saturated rings. The molecule has 4 rings (SSSR count). The van der Waals surface area contributed by atoms with E-state index in [0.717, 1.165) is 0 Å². The molecule has 8 heteroatoms. The van der Waals surface area contributed by atoms with Crippen molar-refractivity contribution in [1.29, 1.82) is 0 Å². The fourth-order valence-electron chi connectivity index (χ4n) is 3.79. The van der Waals surface area contributed by atoms with E-state index in [9.17, 15) is 15.0 Å². The zero-order chi connectivity index (χ0) is 20.5. The lowest BCUT2D eigenvalue weighted by atomic mass is 9.81. The smallest absolute Gasteiger partial charge is 0.312 e. The van der Waals surface area contributed by atoms with E-state index in [-0.39, 0.29) is 13.4 Å². The van der Waals surface area contributed by atoms with Gasteiger partial charge in [-0.3, -0.25) is 4.79 Å². The van der Waals surface area contributed by atoms with Crippen molar-refractivity contribution in [2.45, 2.75) is 12.2 Å². The number of methoxy groups -OCH3 is 2. The molecule has 2 aromatic carbocycles. The van der Waals surface area contributed by atoms with Gasteiger partial charge in [0.25, 0.3) is 0 Å². The molecule has 0 amide bonds. The summed E-state index contributed by atoms with van der Waals surface area (Å²) in [4.78, 5) is 12.4. The van der Waals surface area contributed by atoms with Gasteiger partial charge in [0.15, 0.2) is 23.0 Å². The highest BCUT2D eigenvalue weighted by Crippen LogP contribution is 2.44. The molecule has 8 nitrogen and oxygen atoms in total. The maximum absolute atomic E-state index is 12.4. The van der Waals surface area contributed by atoms with Crippen molar-refractivity contribution in [2.75, 3.05) is 27.6 Å². The van der Waals surface area contributed by atoms with Gasteiger partial charge in [0, 0.05) is 5.92 Å². The molecule has 0 bridgehead atoms. The molecule has 29 heavy (non-hydrogen) atoms. The van der Waals surface area contributed by atoms with Gasteiger partial charge in [0.1, 0.15) is 0 Å². The van der Waals surface area contributed by atoms with Crippen LogP contribution in [0.15, 0.2) is 36.4 Å². The molecule has 1 saturated heterocycles. The van der Waals surface area contributed by atoms with Gasteiger partial charge in [0.2, 0.25) is 6.79 Å². The van der Waals surface area contributed by atoms with Crippen LogP contribution in [0.2, 0.25) is 0 Å². The van der Waals surface area contributed by atoms with E-state index in [4.69, 9.17) is 23.7 Å². The number of aliphatic hydroxyl groups excluding tert-OH is 2. The molecule has 154 valence electrons. The summed E-state index contributed by atoms with van der Waals surface area (Å²) in [6, 6.07) is 10.0. The topological polar surface area (TPSA) is 104 Å². The van der Waals surface area contributed by atoms with Gasteiger partial charge in [-0.2, -0.15) is 0 Å². The summed E-state index contributed by atoms with van der Waals surface area (Å²) < 4.78 is 26.3. The molecule has 4 atom stereocenters. The predicted molar refractivity (Wildman–Crippen MR) is 100.0 cm³/mol. The lowest BCUT2D eigenvalue weighted by Gasteiger charge is -2.25. The second-order valence-corrected chi connectivity index (χ2v) is 6.94. The number of benzene rings is 2. The summed E-state index contributed by atoms with van der Waals surface area (Å²) in [6.45, 7) is 0.129. The van der Waals surface area contributed by atoms with E-state index >= 15 is 0 Å². The number of cyclic esters (lactones) is 1. The first-order chi connectivity index (χ1) is 14.0. The first-order valence-corrected chi connectivity index (χ1v) is 9.17. The number of rotatable bonds is 6. The van der Waals surface area contributed by atoms with Crippen molar-refractivity contribution in [3.05, 3.63) is 47.5 Å². The molecule has 0 unspecified atom stereocenters. The summed E-state index contributed by atoms with van der Waals surface area (Å²) in [6.07, 6.45) is -2.21. The minimum Gasteiger partial charge on any atom is -0.493 e. The molecule has 0 radical (unpaired) electrons. The fourth-order valence-corrected chi connectivity index (χ4v) is 3.79. The third-order valence-corrected chi connectivity index (χ3v) is 5.38. The summed E-state index contributed by atoms with van der Waals surface area (Å²) >= 11 is 0. The van der Waals surface area contributed by atoms with E-state index in [2.05, 4.69) is 0 Å². The van der Waals surface area contributed by atoms with Crippen LogP contribution in [-0.2, 0) is 9.53 Å². The number of hydrogen-bond acceptors (Lipinski definition) is 8. The maximum atomic E-state index is 12.4. The van der Waals surface area contributed by atoms with Crippen molar-refractivity contribution in [3.8, 4) is 23.0 Å². The van der Waals surface area contributed by atoms with E-state index in [1.165, 1.54) is 14.2 Å². The Hall–Kier alpha value is -2.97. The zero-order valence-corrected chi connectivity index (χ0v) is 16.0. The average molecular weight is 402 g/mol. The fraction of sp³-hybridized carbons (Fsp3) is 0.381. The Morgan fingerprint density at radius 2 is 1.59 bits per heavy atom. The molecule has 0 spiro atoms. The Morgan fingerprint density at radius 1 is 0.897 bits per heavy atom. The van der Waals surface area contributed by atoms with Gasteiger partial charge in [0.05, 0.1) is 39.0 Å². The highest BCUT2D eigenvalue weighted by atomic mass is 16.7. The Labute approximate surface area is 167 Å². The summed E-state index contributed by atoms with van der Waals surface area (Å²) in [5.41, 5.74) is 1.02. The number of esters is 1. The minimum atomic E-state index is -1.18. The Kier molecular flexibility index (Phi) is 5.21. The Bertz CT molecular complexity index is 912. The van der Waals surface area contributed by atoms with Crippen LogP contribution >= 0.6 is 0 Å². The molecule has 0 aromatic heterocycles. The lowest BCUT2D eigenvalue weighted by molar-refractivity contribution is -0.144. The Balaban J connectivity index is 1.61. The van der Waals surface area contributed by atoms with Crippen molar-refractivity contribution in [1.82, 2.24) is 0 Å². The standard InChI is InChI=1S/C21H22O8/c1-25-14-5-3-12(7-16(14)26-2)20(23)18-13(9-27-21(18)24)19(22)11-4-6-15-17(8-11)29-10-28-15/h3-8,13,18-20,22-23H,9-10H2,1-2H3/t13-,18-,19+,20-/m1/s1. The average Bonchev–Trinajstić information content (AvgIpc) is 3.37. The van der Waals surface area contributed by atoms with E-state index < -0.39 is 30.0 Å². The number of hydrogen-bond donors (Lipinski definition) is 2. The zero-order valence-electron chi connectivity index (χ0n) is 16.0. The largest absolute Gasteiger partial charge is 0.493 e. The monoisotopic (exact) mass is 402 g/mol. The van der Waals surface area contributed by atoms with Crippen LogP contribution < -0.4 is 18.9 Å². The molecule has 2 aliphatic heterocycles. The van der Waals surface area contributed by atoms with Crippen LogP contribution in [0.5, 0.6) is 23.0 Å². The van der Waals surface area contributed by atoms with Crippen molar-refractivity contribution in [3.63, 3.8) is 0 Å². The normalized spacial score (nSPS) is 22.1. The molecule has 2 aromatic rings. The van der Waals surface area contributed by atoms with Crippen molar-refractivity contribution >= 4 is 5.97 Å². The first-order valence-electron chi connectivity index (χ1n) is 9.17. The van der Waals surface area contributed by atoms with Crippen LogP contribution in [0.3, 0.4) is 0 Å². The van der Waals surface area contributed by atoms with Gasteiger partial charge in [-0.25, -0.2) is 0 Å².